The van der Waals surface area contributed by atoms with E-state index < -0.39 is 0 Å². The normalized spacial score (nSPS) is 34.8. The second kappa shape index (κ2) is 3.56. The van der Waals surface area contributed by atoms with E-state index >= 15 is 0 Å². The van der Waals surface area contributed by atoms with E-state index in [4.69, 9.17) is 0 Å². The average molecular weight is 182 g/mol. The second-order valence-electron chi connectivity index (χ2n) is 4.35. The molecule has 0 aromatic rings. The Kier molecular flexibility index (Phi) is 2.42. The smallest absolute Gasteiger partial charge is 0.317 e. The van der Waals surface area contributed by atoms with Crippen LogP contribution in [0.3, 0.4) is 0 Å². The molecule has 2 atom stereocenters. The molecule has 74 valence electrons. The van der Waals surface area contributed by atoms with Crippen molar-refractivity contribution >= 4 is 6.03 Å². The van der Waals surface area contributed by atoms with Crippen LogP contribution in [0.2, 0.25) is 0 Å². The number of amides is 2. The molecule has 0 bridgehead atoms. The lowest BCUT2D eigenvalue weighted by Gasteiger charge is -2.33. The Labute approximate surface area is 79.5 Å². The van der Waals surface area contributed by atoms with Crippen LogP contribution in [0.15, 0.2) is 0 Å². The molecule has 2 aliphatic rings. The van der Waals surface area contributed by atoms with Gasteiger partial charge in [0.05, 0.1) is 0 Å². The third-order valence-corrected chi connectivity index (χ3v) is 3.24. The van der Waals surface area contributed by atoms with Crippen molar-refractivity contribution in [3.05, 3.63) is 0 Å². The molecular weight excluding hydrogens is 164 g/mol. The lowest BCUT2D eigenvalue weighted by atomic mass is 9.86. The molecule has 2 fully saturated rings. The number of carbonyl (C=O) groups excluding carboxylic acids is 1. The van der Waals surface area contributed by atoms with Crippen LogP contribution in [-0.4, -0.2) is 30.1 Å². The Morgan fingerprint density at radius 1 is 1.46 bits per heavy atom. The molecule has 3 nitrogen and oxygen atoms in total. The lowest BCUT2D eigenvalue weighted by molar-refractivity contribution is 0.164. The summed E-state index contributed by atoms with van der Waals surface area (Å²) in [6.07, 6.45) is 5.03. The Morgan fingerprint density at radius 3 is 2.92 bits per heavy atom. The van der Waals surface area contributed by atoms with Gasteiger partial charge in [0.15, 0.2) is 0 Å². The zero-order valence-electron chi connectivity index (χ0n) is 8.25. The topological polar surface area (TPSA) is 32.3 Å². The fourth-order valence-electron chi connectivity index (χ4n) is 2.52. The summed E-state index contributed by atoms with van der Waals surface area (Å²) in [5.41, 5.74) is 0. The van der Waals surface area contributed by atoms with Gasteiger partial charge in [0.1, 0.15) is 0 Å². The molecule has 2 unspecified atom stereocenters. The minimum absolute atomic E-state index is 0.152. The summed E-state index contributed by atoms with van der Waals surface area (Å²) in [5.74, 6) is 0.798. The van der Waals surface area contributed by atoms with Crippen LogP contribution >= 0.6 is 0 Å². The maximum Gasteiger partial charge on any atom is 0.317 e. The van der Waals surface area contributed by atoms with Crippen molar-refractivity contribution in [3.8, 4) is 0 Å². The molecule has 0 aromatic carbocycles. The van der Waals surface area contributed by atoms with E-state index in [0.29, 0.717) is 6.04 Å². The van der Waals surface area contributed by atoms with Crippen LogP contribution in [0.4, 0.5) is 4.79 Å². The van der Waals surface area contributed by atoms with Gasteiger partial charge in [-0.2, -0.15) is 0 Å². The van der Waals surface area contributed by atoms with Crippen molar-refractivity contribution < 1.29 is 4.79 Å². The first-order valence-corrected chi connectivity index (χ1v) is 5.32. The molecular formula is C10H18N2O. The van der Waals surface area contributed by atoms with Gasteiger partial charge in [-0.05, 0) is 18.8 Å². The van der Waals surface area contributed by atoms with Crippen LogP contribution in [0.5, 0.6) is 0 Å². The van der Waals surface area contributed by atoms with Crippen LogP contribution < -0.4 is 5.32 Å². The summed E-state index contributed by atoms with van der Waals surface area (Å²) in [7, 11) is 0. The second-order valence-corrected chi connectivity index (χ2v) is 4.35. The minimum atomic E-state index is 0.152. The lowest BCUT2D eigenvalue weighted by Crippen LogP contribution is -2.40. The van der Waals surface area contributed by atoms with Gasteiger partial charge >= 0.3 is 6.03 Å². The third kappa shape index (κ3) is 1.79. The molecule has 2 amide bonds. The number of rotatable bonds is 1. The van der Waals surface area contributed by atoms with Crippen molar-refractivity contribution in [2.75, 3.05) is 13.1 Å². The fourth-order valence-corrected chi connectivity index (χ4v) is 2.52. The summed E-state index contributed by atoms with van der Waals surface area (Å²) in [6, 6.07) is 0.672. The molecule has 1 N–H and O–H groups in total. The monoisotopic (exact) mass is 182 g/mol. The quantitative estimate of drug-likeness (QED) is 0.656. The van der Waals surface area contributed by atoms with Gasteiger partial charge in [0.2, 0.25) is 0 Å². The minimum Gasteiger partial charge on any atom is -0.336 e. The Morgan fingerprint density at radius 2 is 2.31 bits per heavy atom. The summed E-state index contributed by atoms with van der Waals surface area (Å²) in [4.78, 5) is 13.4. The standard InChI is InChI=1S/C10H18N2O/c1-8-3-2-4-9(7-8)12-6-5-11-10(12)13/h8-9H,2-7H2,1H3,(H,11,13). The van der Waals surface area contributed by atoms with E-state index in [1.807, 2.05) is 4.90 Å². The highest BCUT2D eigenvalue weighted by Gasteiger charge is 2.30. The molecule has 0 aromatic heterocycles. The van der Waals surface area contributed by atoms with Crippen molar-refractivity contribution in [1.82, 2.24) is 10.2 Å². The zero-order valence-corrected chi connectivity index (χ0v) is 8.25. The first-order chi connectivity index (χ1) is 6.27. The highest BCUT2D eigenvalue weighted by Crippen LogP contribution is 2.27. The van der Waals surface area contributed by atoms with Crippen molar-refractivity contribution in [1.29, 1.82) is 0 Å². The number of nitrogens with zero attached hydrogens (tertiary/aromatic N) is 1. The molecule has 0 spiro atoms. The van der Waals surface area contributed by atoms with Crippen LogP contribution in [-0.2, 0) is 0 Å². The first kappa shape index (κ1) is 8.85. The van der Waals surface area contributed by atoms with E-state index in [2.05, 4.69) is 12.2 Å². The SMILES string of the molecule is CC1CCCC(N2CCNC2=O)C1. The van der Waals surface area contributed by atoms with Crippen LogP contribution in [0.1, 0.15) is 32.6 Å². The summed E-state index contributed by atoms with van der Waals surface area (Å²) in [5, 5.41) is 2.87. The van der Waals surface area contributed by atoms with E-state index in [0.717, 1.165) is 19.0 Å². The predicted octanol–water partition coefficient (Wildman–Crippen LogP) is 1.59. The van der Waals surface area contributed by atoms with Crippen LogP contribution in [0.25, 0.3) is 0 Å². The Balaban J connectivity index is 1.95. The molecule has 1 aliphatic carbocycles. The predicted molar refractivity (Wildman–Crippen MR) is 51.5 cm³/mol. The van der Waals surface area contributed by atoms with Gasteiger partial charge in [-0.1, -0.05) is 19.8 Å². The summed E-state index contributed by atoms with van der Waals surface area (Å²) in [6.45, 7) is 4.04. The van der Waals surface area contributed by atoms with Gasteiger partial charge < -0.3 is 10.2 Å². The van der Waals surface area contributed by atoms with Crippen molar-refractivity contribution in [3.63, 3.8) is 0 Å². The number of nitrogens with one attached hydrogen (secondary N) is 1. The van der Waals surface area contributed by atoms with E-state index in [-0.39, 0.29) is 6.03 Å². The maximum absolute atomic E-state index is 11.4. The molecule has 1 saturated heterocycles. The van der Waals surface area contributed by atoms with Gasteiger partial charge in [-0.3, -0.25) is 0 Å². The molecule has 1 aliphatic heterocycles. The van der Waals surface area contributed by atoms with Gasteiger partial charge in [-0.15, -0.1) is 0 Å². The molecule has 1 saturated carbocycles. The maximum atomic E-state index is 11.4. The number of carbonyl (C=O) groups is 1. The van der Waals surface area contributed by atoms with Gasteiger partial charge in [0, 0.05) is 19.1 Å². The highest BCUT2D eigenvalue weighted by molar-refractivity contribution is 5.76. The van der Waals surface area contributed by atoms with Gasteiger partial charge in [-0.25, -0.2) is 4.79 Å². The van der Waals surface area contributed by atoms with Crippen molar-refractivity contribution in [2.24, 2.45) is 5.92 Å². The number of hydrogen-bond donors (Lipinski definition) is 1. The van der Waals surface area contributed by atoms with E-state index in [9.17, 15) is 4.79 Å². The van der Waals surface area contributed by atoms with E-state index in [1.165, 1.54) is 25.7 Å². The van der Waals surface area contributed by atoms with Crippen LogP contribution in [0, 0.1) is 5.92 Å². The summed E-state index contributed by atoms with van der Waals surface area (Å²) < 4.78 is 0. The first-order valence-electron chi connectivity index (χ1n) is 5.32. The molecule has 13 heavy (non-hydrogen) atoms. The molecule has 0 radical (unpaired) electrons. The third-order valence-electron chi connectivity index (χ3n) is 3.24. The van der Waals surface area contributed by atoms with E-state index in [1.54, 1.807) is 0 Å². The Bertz CT molecular complexity index is 205. The number of urea groups is 1. The fraction of sp³-hybridized carbons (Fsp3) is 0.900. The Hall–Kier alpha value is -0.730. The largest absolute Gasteiger partial charge is 0.336 e. The zero-order chi connectivity index (χ0) is 9.26. The van der Waals surface area contributed by atoms with Crippen molar-refractivity contribution in [2.45, 2.75) is 38.6 Å². The number of hydrogen-bond acceptors (Lipinski definition) is 1. The highest BCUT2D eigenvalue weighted by atomic mass is 16.2. The molecule has 2 rings (SSSR count). The molecule has 3 heteroatoms. The summed E-state index contributed by atoms with van der Waals surface area (Å²) >= 11 is 0. The molecule has 1 heterocycles. The van der Waals surface area contributed by atoms with Gasteiger partial charge in [0.25, 0.3) is 0 Å². The average Bonchev–Trinajstić information content (AvgIpc) is 2.51.